The molecule has 0 saturated carbocycles. The van der Waals surface area contributed by atoms with Gasteiger partial charge in [-0.25, -0.2) is 0 Å². The average molecular weight is 309 g/mol. The molecule has 0 aliphatic carbocycles. The van der Waals surface area contributed by atoms with Crippen LogP contribution in [0.4, 0.5) is 0 Å². The molecule has 0 bridgehead atoms. The molecule has 5 heteroatoms. The quantitative estimate of drug-likeness (QED) is 0.909. The molecular formula is C18H19N3O2. The molecule has 23 heavy (non-hydrogen) atoms. The van der Waals surface area contributed by atoms with E-state index >= 15 is 0 Å². The number of amides is 1. The smallest absolute Gasteiger partial charge is 0.251 e. The summed E-state index contributed by atoms with van der Waals surface area (Å²) in [4.78, 5) is 17.9. The number of fused-ring (bicyclic) bond motifs is 2. The van der Waals surface area contributed by atoms with E-state index in [1.54, 1.807) is 0 Å². The van der Waals surface area contributed by atoms with Crippen molar-refractivity contribution < 1.29 is 9.63 Å². The van der Waals surface area contributed by atoms with Crippen LogP contribution in [0.25, 0.3) is 10.8 Å². The molecular weight excluding hydrogens is 290 g/mol. The van der Waals surface area contributed by atoms with Crippen molar-refractivity contribution in [2.75, 3.05) is 19.6 Å². The van der Waals surface area contributed by atoms with Crippen molar-refractivity contribution >= 4 is 22.4 Å². The molecule has 2 unspecified atom stereocenters. The molecule has 5 nitrogen and oxygen atoms in total. The van der Waals surface area contributed by atoms with Crippen molar-refractivity contribution in [3.05, 3.63) is 47.5 Å². The predicted octanol–water partition coefficient (Wildman–Crippen LogP) is 1.85. The lowest BCUT2D eigenvalue weighted by Crippen LogP contribution is -2.34. The zero-order valence-corrected chi connectivity index (χ0v) is 13.0. The monoisotopic (exact) mass is 309 g/mol. The fourth-order valence-electron chi connectivity index (χ4n) is 3.40. The van der Waals surface area contributed by atoms with Gasteiger partial charge in [0.05, 0.1) is 18.2 Å². The minimum atomic E-state index is -0.0645. The Morgan fingerprint density at radius 3 is 3.09 bits per heavy atom. The number of benzene rings is 2. The molecule has 2 aliphatic heterocycles. The molecule has 2 aromatic carbocycles. The SMILES string of the molecule is Cc1c(C(=O)NCC2=NOC3CNCC23)ccc2ccccc12. The highest BCUT2D eigenvalue weighted by Gasteiger charge is 2.37. The molecule has 2 atom stereocenters. The Morgan fingerprint density at radius 2 is 2.17 bits per heavy atom. The number of hydrogen-bond donors (Lipinski definition) is 2. The Bertz CT molecular complexity index is 800. The van der Waals surface area contributed by atoms with Gasteiger partial charge >= 0.3 is 0 Å². The third kappa shape index (κ3) is 2.47. The number of nitrogens with zero attached hydrogens (tertiary/aromatic N) is 1. The second-order valence-electron chi connectivity index (χ2n) is 6.13. The summed E-state index contributed by atoms with van der Waals surface area (Å²) in [5.74, 6) is 0.221. The summed E-state index contributed by atoms with van der Waals surface area (Å²) in [6.07, 6.45) is 0.129. The van der Waals surface area contributed by atoms with Crippen LogP contribution < -0.4 is 10.6 Å². The van der Waals surface area contributed by atoms with Gasteiger partial charge in [-0.15, -0.1) is 0 Å². The van der Waals surface area contributed by atoms with Gasteiger partial charge in [0.15, 0.2) is 0 Å². The first-order valence-corrected chi connectivity index (χ1v) is 7.94. The number of carbonyl (C=O) groups is 1. The maximum Gasteiger partial charge on any atom is 0.251 e. The van der Waals surface area contributed by atoms with Gasteiger partial charge in [-0.1, -0.05) is 35.5 Å². The Balaban J connectivity index is 1.50. The Morgan fingerprint density at radius 1 is 1.30 bits per heavy atom. The number of nitrogens with one attached hydrogen (secondary N) is 2. The lowest BCUT2D eigenvalue weighted by Gasteiger charge is -2.12. The Hall–Kier alpha value is -2.40. The highest BCUT2D eigenvalue weighted by Crippen LogP contribution is 2.23. The van der Waals surface area contributed by atoms with Crippen molar-refractivity contribution in [2.24, 2.45) is 11.1 Å². The summed E-state index contributed by atoms with van der Waals surface area (Å²) in [6.45, 7) is 4.13. The molecule has 0 aromatic heterocycles. The van der Waals surface area contributed by atoms with Crippen molar-refractivity contribution in [1.82, 2.24) is 10.6 Å². The summed E-state index contributed by atoms with van der Waals surface area (Å²) >= 11 is 0. The van der Waals surface area contributed by atoms with Crippen molar-refractivity contribution in [3.8, 4) is 0 Å². The van der Waals surface area contributed by atoms with E-state index in [0.717, 1.165) is 35.1 Å². The molecule has 0 radical (unpaired) electrons. The summed E-state index contributed by atoms with van der Waals surface area (Å²) in [7, 11) is 0. The topological polar surface area (TPSA) is 62.7 Å². The first-order valence-electron chi connectivity index (χ1n) is 7.94. The minimum absolute atomic E-state index is 0.0645. The summed E-state index contributed by atoms with van der Waals surface area (Å²) in [6, 6.07) is 12.0. The second kappa shape index (κ2) is 5.66. The van der Waals surface area contributed by atoms with Crippen LogP contribution in [0.1, 0.15) is 15.9 Å². The predicted molar refractivity (Wildman–Crippen MR) is 89.7 cm³/mol. The van der Waals surface area contributed by atoms with E-state index in [4.69, 9.17) is 4.84 Å². The number of hydrogen-bond acceptors (Lipinski definition) is 4. The second-order valence-corrected chi connectivity index (χ2v) is 6.13. The Kier molecular flexibility index (Phi) is 3.50. The van der Waals surface area contributed by atoms with Crippen LogP contribution >= 0.6 is 0 Å². The van der Waals surface area contributed by atoms with Crippen molar-refractivity contribution in [1.29, 1.82) is 0 Å². The largest absolute Gasteiger partial charge is 0.390 e. The number of aryl methyl sites for hydroxylation is 1. The van der Waals surface area contributed by atoms with E-state index in [2.05, 4.69) is 21.9 Å². The molecule has 4 rings (SSSR count). The normalized spacial score (nSPS) is 22.6. The maximum atomic E-state index is 12.5. The summed E-state index contributed by atoms with van der Waals surface area (Å²) < 4.78 is 0. The van der Waals surface area contributed by atoms with Crippen molar-refractivity contribution in [2.45, 2.75) is 13.0 Å². The molecule has 1 fully saturated rings. The first-order chi connectivity index (χ1) is 11.2. The zero-order valence-electron chi connectivity index (χ0n) is 13.0. The molecule has 1 saturated heterocycles. The molecule has 2 heterocycles. The first kappa shape index (κ1) is 14.2. The Labute approximate surface area is 134 Å². The van der Waals surface area contributed by atoms with Gasteiger partial charge in [0, 0.05) is 18.7 Å². The number of rotatable bonds is 3. The maximum absolute atomic E-state index is 12.5. The van der Waals surface area contributed by atoms with E-state index in [1.807, 2.05) is 37.3 Å². The summed E-state index contributed by atoms with van der Waals surface area (Å²) in [5, 5.41) is 12.6. The van der Waals surface area contributed by atoms with E-state index in [1.165, 1.54) is 0 Å². The minimum Gasteiger partial charge on any atom is -0.390 e. The zero-order chi connectivity index (χ0) is 15.8. The van der Waals surface area contributed by atoms with Gasteiger partial charge in [-0.2, -0.15) is 0 Å². The highest BCUT2D eigenvalue weighted by atomic mass is 16.6. The number of oxime groups is 1. The molecule has 0 spiro atoms. The van der Waals surface area contributed by atoms with Crippen molar-refractivity contribution in [3.63, 3.8) is 0 Å². The van der Waals surface area contributed by atoms with E-state index in [9.17, 15) is 4.79 Å². The average Bonchev–Trinajstić information content (AvgIpc) is 3.17. The van der Waals surface area contributed by atoms with Crippen LogP contribution in [0.5, 0.6) is 0 Å². The van der Waals surface area contributed by atoms with Crippen LogP contribution in [-0.2, 0) is 4.84 Å². The lowest BCUT2D eigenvalue weighted by molar-refractivity contribution is 0.0841. The molecule has 2 aliphatic rings. The van der Waals surface area contributed by atoms with Crippen LogP contribution in [0.15, 0.2) is 41.6 Å². The lowest BCUT2D eigenvalue weighted by atomic mass is 9.99. The van der Waals surface area contributed by atoms with Gasteiger partial charge < -0.3 is 15.5 Å². The van der Waals surface area contributed by atoms with Crippen LogP contribution in [0, 0.1) is 12.8 Å². The molecule has 2 N–H and O–H groups in total. The molecule has 2 aromatic rings. The molecule has 1 amide bonds. The van der Waals surface area contributed by atoms with Gasteiger partial charge in [0.1, 0.15) is 6.10 Å². The van der Waals surface area contributed by atoms with Gasteiger partial charge in [-0.05, 0) is 29.3 Å². The van der Waals surface area contributed by atoms with Gasteiger partial charge in [0.25, 0.3) is 5.91 Å². The highest BCUT2D eigenvalue weighted by molar-refractivity contribution is 6.03. The van der Waals surface area contributed by atoms with Crippen LogP contribution in [0.2, 0.25) is 0 Å². The van der Waals surface area contributed by atoms with Gasteiger partial charge in [0.2, 0.25) is 0 Å². The standard InChI is InChI=1S/C18H19N3O2/c1-11-13-5-3-2-4-12(13)6-7-14(11)18(22)20-9-16-15-8-19-10-17(15)23-21-16/h2-7,15,17,19H,8-10H2,1H3,(H,20,22). The fourth-order valence-corrected chi connectivity index (χ4v) is 3.40. The van der Waals surface area contributed by atoms with E-state index in [-0.39, 0.29) is 17.9 Å². The van der Waals surface area contributed by atoms with Crippen LogP contribution in [-0.4, -0.2) is 37.4 Å². The third-order valence-electron chi connectivity index (χ3n) is 4.76. The molecule has 118 valence electrons. The van der Waals surface area contributed by atoms with E-state index < -0.39 is 0 Å². The summed E-state index contributed by atoms with van der Waals surface area (Å²) in [5.41, 5.74) is 2.64. The third-order valence-corrected chi connectivity index (χ3v) is 4.76. The fraction of sp³-hybridized carbons (Fsp3) is 0.333. The van der Waals surface area contributed by atoms with E-state index in [0.29, 0.717) is 12.1 Å². The number of carbonyl (C=O) groups excluding carboxylic acids is 1. The van der Waals surface area contributed by atoms with Crippen LogP contribution in [0.3, 0.4) is 0 Å². The van der Waals surface area contributed by atoms with Gasteiger partial charge in [-0.3, -0.25) is 4.79 Å².